The van der Waals surface area contributed by atoms with Gasteiger partial charge in [-0.3, -0.25) is 9.59 Å². The monoisotopic (exact) mass is 293 g/mol. The first-order valence-electron chi connectivity index (χ1n) is 7.05. The van der Waals surface area contributed by atoms with Crippen molar-refractivity contribution in [2.75, 3.05) is 6.54 Å². The minimum absolute atomic E-state index is 0.0940. The summed E-state index contributed by atoms with van der Waals surface area (Å²) in [5, 5.41) is 11.8. The van der Waals surface area contributed by atoms with E-state index < -0.39 is 17.5 Å². The largest absolute Gasteiger partial charge is 0.481 e. The Morgan fingerprint density at radius 3 is 2.48 bits per heavy atom. The number of amides is 1. The highest BCUT2D eigenvalue weighted by Gasteiger charge is 2.32. The van der Waals surface area contributed by atoms with E-state index in [2.05, 4.69) is 5.32 Å². The number of ether oxygens (including phenoxy) is 1. The highest BCUT2D eigenvalue weighted by Crippen LogP contribution is 2.19. The standard InChI is InChI=1S/C16H23NO4/c1-4-16(3,15(19)20)11-17-14(18)12(2)21-10-13-8-6-5-7-9-13/h5-9,12H,4,10-11H2,1-3H3,(H,17,18)(H,19,20). The highest BCUT2D eigenvalue weighted by atomic mass is 16.5. The lowest BCUT2D eigenvalue weighted by Gasteiger charge is -2.24. The van der Waals surface area contributed by atoms with Gasteiger partial charge in [0.1, 0.15) is 6.10 Å². The summed E-state index contributed by atoms with van der Waals surface area (Å²) in [5.41, 5.74) is 0.0375. The summed E-state index contributed by atoms with van der Waals surface area (Å²) in [7, 11) is 0. The molecule has 1 rings (SSSR count). The number of carbonyl (C=O) groups excluding carboxylic acids is 1. The van der Waals surface area contributed by atoms with Gasteiger partial charge in [0.15, 0.2) is 0 Å². The zero-order valence-electron chi connectivity index (χ0n) is 12.8. The Kier molecular flexibility index (Phi) is 6.37. The molecule has 0 saturated carbocycles. The van der Waals surface area contributed by atoms with Crippen molar-refractivity contribution in [3.05, 3.63) is 35.9 Å². The summed E-state index contributed by atoms with van der Waals surface area (Å²) in [5.74, 6) is -1.21. The summed E-state index contributed by atoms with van der Waals surface area (Å²) >= 11 is 0. The topological polar surface area (TPSA) is 75.6 Å². The van der Waals surface area contributed by atoms with Crippen molar-refractivity contribution < 1.29 is 19.4 Å². The maximum absolute atomic E-state index is 11.9. The van der Waals surface area contributed by atoms with Gasteiger partial charge in [0, 0.05) is 6.54 Å². The Hall–Kier alpha value is -1.88. The van der Waals surface area contributed by atoms with Crippen molar-refractivity contribution >= 4 is 11.9 Å². The van der Waals surface area contributed by atoms with Crippen molar-refractivity contribution in [3.63, 3.8) is 0 Å². The van der Waals surface area contributed by atoms with Crippen LogP contribution in [0.15, 0.2) is 30.3 Å². The predicted molar refractivity (Wildman–Crippen MR) is 79.7 cm³/mol. The van der Waals surface area contributed by atoms with Crippen LogP contribution in [0.3, 0.4) is 0 Å². The molecular weight excluding hydrogens is 270 g/mol. The van der Waals surface area contributed by atoms with Crippen molar-refractivity contribution in [2.24, 2.45) is 5.41 Å². The van der Waals surface area contributed by atoms with E-state index in [4.69, 9.17) is 9.84 Å². The van der Waals surface area contributed by atoms with Crippen LogP contribution in [0.25, 0.3) is 0 Å². The fraction of sp³-hybridized carbons (Fsp3) is 0.500. The van der Waals surface area contributed by atoms with Crippen LogP contribution in [0.1, 0.15) is 32.8 Å². The lowest BCUT2D eigenvalue weighted by molar-refractivity contribution is -0.148. The van der Waals surface area contributed by atoms with Crippen LogP contribution < -0.4 is 5.32 Å². The van der Waals surface area contributed by atoms with E-state index in [0.29, 0.717) is 13.0 Å². The quantitative estimate of drug-likeness (QED) is 0.770. The molecule has 0 aromatic heterocycles. The van der Waals surface area contributed by atoms with E-state index >= 15 is 0 Å². The Bertz CT molecular complexity index is 474. The first-order valence-corrected chi connectivity index (χ1v) is 7.05. The molecule has 2 N–H and O–H groups in total. The average Bonchev–Trinajstić information content (AvgIpc) is 2.50. The third-order valence-corrected chi connectivity index (χ3v) is 3.66. The molecule has 0 aliphatic rings. The lowest BCUT2D eigenvalue weighted by atomic mass is 9.87. The van der Waals surface area contributed by atoms with E-state index in [9.17, 15) is 9.59 Å². The van der Waals surface area contributed by atoms with Crippen molar-refractivity contribution in [2.45, 2.75) is 39.9 Å². The SMILES string of the molecule is CCC(C)(CNC(=O)C(C)OCc1ccccc1)C(=O)O. The zero-order chi connectivity index (χ0) is 15.9. The van der Waals surface area contributed by atoms with E-state index in [1.807, 2.05) is 30.3 Å². The Labute approximate surface area is 125 Å². The summed E-state index contributed by atoms with van der Waals surface area (Å²) in [6.07, 6.45) is -0.179. The van der Waals surface area contributed by atoms with Crippen LogP contribution in [0.2, 0.25) is 0 Å². The smallest absolute Gasteiger partial charge is 0.311 e. The Morgan fingerprint density at radius 1 is 1.33 bits per heavy atom. The zero-order valence-corrected chi connectivity index (χ0v) is 12.8. The summed E-state index contributed by atoms with van der Waals surface area (Å²) in [6.45, 7) is 5.50. The molecule has 21 heavy (non-hydrogen) atoms. The second-order valence-corrected chi connectivity index (χ2v) is 5.38. The predicted octanol–water partition coefficient (Wildman–Crippen LogP) is 2.21. The number of hydrogen-bond donors (Lipinski definition) is 2. The fourth-order valence-corrected chi connectivity index (χ4v) is 1.65. The van der Waals surface area contributed by atoms with Gasteiger partial charge in [-0.25, -0.2) is 0 Å². The lowest BCUT2D eigenvalue weighted by Crippen LogP contribution is -2.44. The van der Waals surface area contributed by atoms with Gasteiger partial charge in [-0.15, -0.1) is 0 Å². The molecule has 0 spiro atoms. The number of hydrogen-bond acceptors (Lipinski definition) is 3. The van der Waals surface area contributed by atoms with Crippen molar-refractivity contribution in [3.8, 4) is 0 Å². The third-order valence-electron chi connectivity index (χ3n) is 3.66. The van der Waals surface area contributed by atoms with Crippen molar-refractivity contribution in [1.29, 1.82) is 0 Å². The molecule has 2 unspecified atom stereocenters. The van der Waals surface area contributed by atoms with Gasteiger partial charge in [-0.1, -0.05) is 37.3 Å². The van der Waals surface area contributed by atoms with E-state index in [0.717, 1.165) is 5.56 Å². The minimum atomic E-state index is -0.950. The number of carboxylic acids is 1. The molecule has 5 nitrogen and oxygen atoms in total. The fourth-order valence-electron chi connectivity index (χ4n) is 1.65. The maximum atomic E-state index is 11.9. The summed E-state index contributed by atoms with van der Waals surface area (Å²) in [4.78, 5) is 23.1. The van der Waals surface area contributed by atoms with E-state index in [1.165, 1.54) is 0 Å². The first kappa shape index (κ1) is 17.2. The summed E-state index contributed by atoms with van der Waals surface area (Å²) in [6, 6.07) is 9.56. The molecule has 1 aromatic rings. The number of benzene rings is 1. The van der Waals surface area contributed by atoms with Gasteiger partial charge in [0.2, 0.25) is 5.91 Å². The van der Waals surface area contributed by atoms with Gasteiger partial charge in [-0.05, 0) is 25.8 Å². The molecular formula is C16H23NO4. The highest BCUT2D eigenvalue weighted by molar-refractivity contribution is 5.81. The third kappa shape index (κ3) is 5.19. The Morgan fingerprint density at radius 2 is 1.95 bits per heavy atom. The number of carbonyl (C=O) groups is 2. The molecule has 0 aliphatic carbocycles. The molecule has 0 fully saturated rings. The molecule has 0 heterocycles. The maximum Gasteiger partial charge on any atom is 0.311 e. The molecule has 5 heteroatoms. The van der Waals surface area contributed by atoms with E-state index in [-0.39, 0.29) is 12.5 Å². The average molecular weight is 293 g/mol. The molecule has 1 aromatic carbocycles. The number of rotatable bonds is 8. The van der Waals surface area contributed by atoms with Crippen LogP contribution in [-0.4, -0.2) is 29.6 Å². The molecule has 0 bridgehead atoms. The van der Waals surface area contributed by atoms with Crippen molar-refractivity contribution in [1.82, 2.24) is 5.32 Å². The van der Waals surface area contributed by atoms with Gasteiger partial charge in [-0.2, -0.15) is 0 Å². The Balaban J connectivity index is 2.43. The van der Waals surface area contributed by atoms with Crippen LogP contribution in [0, 0.1) is 5.41 Å². The molecule has 1 amide bonds. The van der Waals surface area contributed by atoms with Crippen LogP contribution >= 0.6 is 0 Å². The second kappa shape index (κ2) is 7.78. The molecule has 0 saturated heterocycles. The number of aliphatic carboxylic acids is 1. The molecule has 0 aliphatic heterocycles. The van der Waals surface area contributed by atoms with Gasteiger partial charge in [0.25, 0.3) is 0 Å². The second-order valence-electron chi connectivity index (χ2n) is 5.38. The van der Waals surface area contributed by atoms with Crippen LogP contribution in [-0.2, 0) is 20.9 Å². The van der Waals surface area contributed by atoms with Gasteiger partial charge < -0.3 is 15.2 Å². The molecule has 116 valence electrons. The number of nitrogens with one attached hydrogen (secondary N) is 1. The molecule has 0 radical (unpaired) electrons. The van der Waals surface area contributed by atoms with Gasteiger partial charge in [0.05, 0.1) is 12.0 Å². The summed E-state index contributed by atoms with van der Waals surface area (Å²) < 4.78 is 5.49. The van der Waals surface area contributed by atoms with Crippen LogP contribution in [0.4, 0.5) is 0 Å². The number of carboxylic acid groups (broad SMARTS) is 1. The van der Waals surface area contributed by atoms with Crippen LogP contribution in [0.5, 0.6) is 0 Å². The van der Waals surface area contributed by atoms with E-state index in [1.54, 1.807) is 20.8 Å². The normalized spacial score (nSPS) is 15.0. The van der Waals surface area contributed by atoms with Gasteiger partial charge >= 0.3 is 5.97 Å². The first-order chi connectivity index (χ1) is 9.89. The minimum Gasteiger partial charge on any atom is -0.481 e. The molecule has 2 atom stereocenters.